The number of nitrogens with zero attached hydrogens (tertiary/aromatic N) is 2. The van der Waals surface area contributed by atoms with Crippen molar-refractivity contribution < 1.29 is 27.4 Å². The SMILES string of the molecule is COC(=O)c1cc2nc(Nc3ccc(OC(F)(F)F)cc3)n([C@H]3C[C@@H](C)CC(C)(C)C3)c2cc1C. The van der Waals surface area contributed by atoms with Gasteiger partial charge in [0, 0.05) is 11.7 Å². The van der Waals surface area contributed by atoms with Crippen LogP contribution in [-0.2, 0) is 4.74 Å². The van der Waals surface area contributed by atoms with Crippen LogP contribution >= 0.6 is 0 Å². The highest BCUT2D eigenvalue weighted by atomic mass is 19.4. The minimum Gasteiger partial charge on any atom is -0.465 e. The third-order valence-corrected chi connectivity index (χ3v) is 6.51. The maximum absolute atomic E-state index is 12.5. The zero-order chi connectivity index (χ0) is 25.5. The number of alkyl halides is 3. The molecular weight excluding hydrogens is 459 g/mol. The number of hydrogen-bond donors (Lipinski definition) is 1. The monoisotopic (exact) mass is 489 g/mol. The Hall–Kier alpha value is -3.23. The molecule has 2 aromatic carbocycles. The van der Waals surface area contributed by atoms with Crippen molar-refractivity contribution in [3.8, 4) is 5.75 Å². The number of hydrogen-bond acceptors (Lipinski definition) is 5. The molecule has 0 aliphatic heterocycles. The zero-order valence-corrected chi connectivity index (χ0v) is 20.5. The molecular formula is C26H30F3N3O3. The summed E-state index contributed by atoms with van der Waals surface area (Å²) >= 11 is 0. The number of halogens is 3. The second-order valence-electron chi connectivity index (χ2n) is 10.2. The maximum atomic E-state index is 12.5. The van der Waals surface area contributed by atoms with Crippen LogP contribution in [0, 0.1) is 18.3 Å². The van der Waals surface area contributed by atoms with E-state index in [4.69, 9.17) is 9.72 Å². The van der Waals surface area contributed by atoms with Gasteiger partial charge in [0.05, 0.1) is 23.7 Å². The second kappa shape index (κ2) is 9.09. The molecule has 1 heterocycles. The van der Waals surface area contributed by atoms with Gasteiger partial charge in [-0.3, -0.25) is 0 Å². The number of aromatic nitrogens is 2. The topological polar surface area (TPSA) is 65.4 Å². The van der Waals surface area contributed by atoms with Gasteiger partial charge in [-0.1, -0.05) is 20.8 Å². The van der Waals surface area contributed by atoms with Gasteiger partial charge in [0.1, 0.15) is 5.75 Å². The van der Waals surface area contributed by atoms with E-state index in [-0.39, 0.29) is 17.2 Å². The Kier molecular flexibility index (Phi) is 6.46. The Balaban J connectivity index is 1.77. The van der Waals surface area contributed by atoms with Crippen LogP contribution < -0.4 is 10.1 Å². The molecule has 6 nitrogen and oxygen atoms in total. The largest absolute Gasteiger partial charge is 0.573 e. The summed E-state index contributed by atoms with van der Waals surface area (Å²) in [6.45, 7) is 8.65. The number of ether oxygens (including phenoxy) is 2. The number of fused-ring (bicyclic) bond motifs is 1. The van der Waals surface area contributed by atoms with Crippen LogP contribution in [0.4, 0.5) is 24.8 Å². The molecule has 4 rings (SSSR count). The van der Waals surface area contributed by atoms with E-state index in [0.29, 0.717) is 28.6 Å². The number of imidazole rings is 1. The zero-order valence-electron chi connectivity index (χ0n) is 20.5. The molecule has 35 heavy (non-hydrogen) atoms. The Morgan fingerprint density at radius 3 is 2.46 bits per heavy atom. The summed E-state index contributed by atoms with van der Waals surface area (Å²) in [5.41, 5.74) is 3.49. The van der Waals surface area contributed by atoms with E-state index in [2.05, 4.69) is 35.4 Å². The van der Waals surface area contributed by atoms with Crippen LogP contribution in [0.15, 0.2) is 36.4 Å². The van der Waals surface area contributed by atoms with Crippen molar-refractivity contribution in [2.24, 2.45) is 11.3 Å². The summed E-state index contributed by atoms with van der Waals surface area (Å²) in [7, 11) is 1.34. The Morgan fingerprint density at radius 2 is 1.86 bits per heavy atom. The van der Waals surface area contributed by atoms with Gasteiger partial charge in [-0.2, -0.15) is 0 Å². The van der Waals surface area contributed by atoms with Crippen LogP contribution in [0.3, 0.4) is 0 Å². The van der Waals surface area contributed by atoms with E-state index in [1.54, 1.807) is 6.07 Å². The first-order valence-corrected chi connectivity index (χ1v) is 11.6. The lowest BCUT2D eigenvalue weighted by atomic mass is 9.70. The number of carbonyl (C=O) groups excluding carboxylic acids is 1. The summed E-state index contributed by atoms with van der Waals surface area (Å²) in [5, 5.41) is 3.27. The van der Waals surface area contributed by atoms with Crippen molar-refractivity contribution in [3.63, 3.8) is 0 Å². The van der Waals surface area contributed by atoms with Crippen molar-refractivity contribution in [1.82, 2.24) is 9.55 Å². The van der Waals surface area contributed by atoms with Crippen molar-refractivity contribution >= 4 is 28.6 Å². The van der Waals surface area contributed by atoms with Crippen molar-refractivity contribution in [3.05, 3.63) is 47.5 Å². The Labute approximate surface area is 202 Å². The molecule has 2 atom stereocenters. The molecule has 1 aliphatic rings. The van der Waals surface area contributed by atoms with E-state index in [9.17, 15) is 18.0 Å². The highest BCUT2D eigenvalue weighted by Gasteiger charge is 2.35. The molecule has 0 unspecified atom stereocenters. The molecule has 1 aliphatic carbocycles. The predicted octanol–water partition coefficient (Wildman–Crippen LogP) is 7.16. The fourth-order valence-corrected chi connectivity index (χ4v) is 5.39. The third kappa shape index (κ3) is 5.55. The van der Waals surface area contributed by atoms with Crippen LogP contribution in [0.2, 0.25) is 0 Å². The molecule has 3 aromatic rings. The summed E-state index contributed by atoms with van der Waals surface area (Å²) in [4.78, 5) is 17.0. The molecule has 188 valence electrons. The molecule has 9 heteroatoms. The van der Waals surface area contributed by atoms with Gasteiger partial charge in [0.2, 0.25) is 5.95 Å². The van der Waals surface area contributed by atoms with Crippen LogP contribution in [0.1, 0.15) is 62.0 Å². The summed E-state index contributed by atoms with van der Waals surface area (Å²) in [6.07, 6.45) is -1.69. The van der Waals surface area contributed by atoms with Gasteiger partial charge < -0.3 is 19.4 Å². The molecule has 0 radical (unpaired) electrons. The number of esters is 1. The van der Waals surface area contributed by atoms with Crippen LogP contribution in [0.5, 0.6) is 5.75 Å². The fourth-order valence-electron chi connectivity index (χ4n) is 5.39. The lowest BCUT2D eigenvalue weighted by Gasteiger charge is -2.40. The van der Waals surface area contributed by atoms with Crippen molar-refractivity contribution in [2.75, 3.05) is 12.4 Å². The van der Waals surface area contributed by atoms with Crippen molar-refractivity contribution in [1.29, 1.82) is 0 Å². The quantitative estimate of drug-likeness (QED) is 0.385. The number of nitrogens with one attached hydrogen (secondary N) is 1. The first kappa shape index (κ1) is 24.9. The van der Waals surface area contributed by atoms with Gasteiger partial charge >= 0.3 is 12.3 Å². The lowest BCUT2D eigenvalue weighted by Crippen LogP contribution is -2.29. The van der Waals surface area contributed by atoms with E-state index in [1.165, 1.54) is 31.4 Å². The highest BCUT2D eigenvalue weighted by molar-refractivity contribution is 5.96. The molecule has 0 bridgehead atoms. The highest BCUT2D eigenvalue weighted by Crippen LogP contribution is 2.46. The van der Waals surface area contributed by atoms with Crippen LogP contribution in [0.25, 0.3) is 11.0 Å². The predicted molar refractivity (Wildman–Crippen MR) is 128 cm³/mol. The van der Waals surface area contributed by atoms with Gasteiger partial charge in [-0.25, -0.2) is 9.78 Å². The van der Waals surface area contributed by atoms with E-state index in [1.807, 2.05) is 13.0 Å². The molecule has 0 saturated heterocycles. The maximum Gasteiger partial charge on any atom is 0.573 e. The molecule has 1 N–H and O–H groups in total. The summed E-state index contributed by atoms with van der Waals surface area (Å²) < 4.78 is 48.6. The smallest absolute Gasteiger partial charge is 0.465 e. The van der Waals surface area contributed by atoms with Gasteiger partial charge in [-0.05, 0) is 79.5 Å². The summed E-state index contributed by atoms with van der Waals surface area (Å²) in [6, 6.07) is 9.40. The normalized spacial score (nSPS) is 20.0. The number of benzene rings is 2. The molecule has 1 saturated carbocycles. The number of carbonyl (C=O) groups is 1. The first-order chi connectivity index (χ1) is 16.3. The average molecular weight is 490 g/mol. The second-order valence-corrected chi connectivity index (χ2v) is 10.2. The number of aryl methyl sites for hydroxylation is 1. The molecule has 1 aromatic heterocycles. The Bertz CT molecular complexity index is 1230. The Morgan fingerprint density at radius 1 is 1.17 bits per heavy atom. The number of methoxy groups -OCH3 is 1. The molecule has 0 spiro atoms. The van der Waals surface area contributed by atoms with Gasteiger partial charge in [-0.15, -0.1) is 13.2 Å². The van der Waals surface area contributed by atoms with Crippen molar-refractivity contribution in [2.45, 2.75) is 59.4 Å². The average Bonchev–Trinajstić information content (AvgIpc) is 3.08. The number of rotatable bonds is 5. The molecule has 0 amide bonds. The molecule has 1 fully saturated rings. The number of anilines is 2. The fraction of sp³-hybridized carbons (Fsp3) is 0.462. The van der Waals surface area contributed by atoms with E-state index >= 15 is 0 Å². The van der Waals surface area contributed by atoms with E-state index < -0.39 is 12.3 Å². The summed E-state index contributed by atoms with van der Waals surface area (Å²) in [5.74, 6) is 0.364. The minimum absolute atomic E-state index is 0.147. The first-order valence-electron chi connectivity index (χ1n) is 11.6. The van der Waals surface area contributed by atoms with Gasteiger partial charge in [0.15, 0.2) is 0 Å². The third-order valence-electron chi connectivity index (χ3n) is 6.51. The van der Waals surface area contributed by atoms with Crippen LogP contribution in [-0.4, -0.2) is 29.0 Å². The lowest BCUT2D eigenvalue weighted by molar-refractivity contribution is -0.274. The standard InChI is InChI=1S/C26H30F3N3O3/c1-15-10-18(14-25(3,4)13-15)32-22-11-16(2)20(23(33)34-5)12-21(22)31-24(32)30-17-6-8-19(9-7-17)35-26(27,28)29/h6-9,11-12,15,18H,10,13-14H2,1-5H3,(H,30,31)/t15-,18+/m1/s1. The minimum atomic E-state index is -4.75. The van der Waals surface area contributed by atoms with E-state index in [0.717, 1.165) is 30.3 Å². The van der Waals surface area contributed by atoms with Gasteiger partial charge in [0.25, 0.3) is 0 Å².